The van der Waals surface area contributed by atoms with Crippen LogP contribution in [0.25, 0.3) is 0 Å². The van der Waals surface area contributed by atoms with E-state index in [2.05, 4.69) is 10.3 Å². The third kappa shape index (κ3) is 3.54. The van der Waals surface area contributed by atoms with Crippen LogP contribution in [0.5, 0.6) is 0 Å². The van der Waals surface area contributed by atoms with Crippen molar-refractivity contribution in [1.29, 1.82) is 0 Å². The van der Waals surface area contributed by atoms with E-state index in [4.69, 9.17) is 0 Å². The van der Waals surface area contributed by atoms with Crippen LogP contribution in [0.2, 0.25) is 0 Å². The number of anilines is 1. The minimum atomic E-state index is -0.503. The molecule has 2 rings (SSSR count). The normalized spacial score (nSPS) is 10.2. The van der Waals surface area contributed by atoms with Crippen LogP contribution in [0, 0.1) is 10.1 Å². The zero-order valence-corrected chi connectivity index (χ0v) is 12.4. The zero-order chi connectivity index (χ0) is 15.4. The number of carbonyl (C=O) groups excluding carboxylic acids is 1. The van der Waals surface area contributed by atoms with Crippen molar-refractivity contribution in [1.82, 2.24) is 9.88 Å². The Hall–Kier alpha value is -2.48. The summed E-state index contributed by atoms with van der Waals surface area (Å²) in [6.07, 6.45) is 1.68. The molecule has 0 saturated heterocycles. The number of amides is 1. The molecule has 0 fully saturated rings. The topological polar surface area (TPSA) is 88.4 Å². The monoisotopic (exact) mass is 306 g/mol. The van der Waals surface area contributed by atoms with Gasteiger partial charge in [0.2, 0.25) is 0 Å². The van der Waals surface area contributed by atoms with Gasteiger partial charge in [-0.1, -0.05) is 0 Å². The highest BCUT2D eigenvalue weighted by atomic mass is 32.1. The summed E-state index contributed by atoms with van der Waals surface area (Å²) in [4.78, 5) is 28.0. The number of hydrogen-bond acceptors (Lipinski definition) is 6. The lowest BCUT2D eigenvalue weighted by molar-refractivity contribution is -0.384. The maximum atomic E-state index is 11.8. The number of nitrogens with zero attached hydrogens (tertiary/aromatic N) is 3. The Kier molecular flexibility index (Phi) is 4.49. The first kappa shape index (κ1) is 14.9. The molecule has 0 aliphatic heterocycles. The van der Waals surface area contributed by atoms with E-state index < -0.39 is 4.92 Å². The molecule has 110 valence electrons. The van der Waals surface area contributed by atoms with Crippen molar-refractivity contribution in [3.63, 3.8) is 0 Å². The van der Waals surface area contributed by atoms with Crippen molar-refractivity contribution >= 4 is 28.6 Å². The Bertz CT molecular complexity index is 655. The zero-order valence-electron chi connectivity index (χ0n) is 11.6. The molecular weight excluding hydrogens is 292 g/mol. The fourth-order valence-electron chi connectivity index (χ4n) is 1.73. The van der Waals surface area contributed by atoms with Crippen LogP contribution >= 0.6 is 11.3 Å². The predicted octanol–water partition coefficient (Wildman–Crippen LogP) is 2.37. The number of thiazole rings is 1. The van der Waals surface area contributed by atoms with Gasteiger partial charge in [0.05, 0.1) is 11.5 Å². The molecule has 0 radical (unpaired) electrons. The Labute approximate surface area is 125 Å². The molecule has 0 unspecified atom stereocenters. The minimum absolute atomic E-state index is 0.126. The molecule has 0 aliphatic rings. The van der Waals surface area contributed by atoms with Crippen molar-refractivity contribution in [3.8, 4) is 0 Å². The number of nitrogens with one attached hydrogen (secondary N) is 1. The molecular formula is C13H14N4O3S. The van der Waals surface area contributed by atoms with Crippen LogP contribution in [0.4, 0.5) is 11.4 Å². The van der Waals surface area contributed by atoms with Gasteiger partial charge in [-0.05, 0) is 12.1 Å². The largest absolute Gasteiger partial charge is 0.373 e. The molecule has 0 bridgehead atoms. The Balaban J connectivity index is 2.25. The molecule has 21 heavy (non-hydrogen) atoms. The van der Waals surface area contributed by atoms with Gasteiger partial charge >= 0.3 is 0 Å². The lowest BCUT2D eigenvalue weighted by Crippen LogP contribution is -2.21. The van der Waals surface area contributed by atoms with E-state index in [0.29, 0.717) is 12.2 Å². The molecule has 1 aromatic carbocycles. The van der Waals surface area contributed by atoms with E-state index in [0.717, 1.165) is 5.01 Å². The first-order valence-electron chi connectivity index (χ1n) is 6.11. The first-order valence-corrected chi connectivity index (χ1v) is 6.99. The smallest absolute Gasteiger partial charge is 0.293 e. The minimum Gasteiger partial charge on any atom is -0.373 e. The summed E-state index contributed by atoms with van der Waals surface area (Å²) in [5.41, 5.74) is 0.524. The maximum absolute atomic E-state index is 11.8. The molecule has 0 spiro atoms. The van der Waals surface area contributed by atoms with Gasteiger partial charge in [-0.2, -0.15) is 0 Å². The number of hydrogen-bond donors (Lipinski definition) is 1. The van der Waals surface area contributed by atoms with Gasteiger partial charge < -0.3 is 10.2 Å². The van der Waals surface area contributed by atoms with E-state index in [1.165, 1.54) is 22.3 Å². The average Bonchev–Trinajstić information content (AvgIpc) is 2.97. The van der Waals surface area contributed by atoms with Crippen LogP contribution in [0.15, 0.2) is 29.8 Å². The lowest BCUT2D eigenvalue weighted by Gasteiger charge is -2.11. The number of nitro benzene ring substituents is 1. The predicted molar refractivity (Wildman–Crippen MR) is 80.6 cm³/mol. The summed E-state index contributed by atoms with van der Waals surface area (Å²) in [5.74, 6) is -0.274. The van der Waals surface area contributed by atoms with Gasteiger partial charge in [0, 0.05) is 37.3 Å². The standard InChI is InChI=1S/C13H14N4O3S/c1-16(2)13(18)9-3-4-10(11(7-9)17(19)20)15-8-12-14-5-6-21-12/h3-7,15H,8H2,1-2H3. The molecule has 1 amide bonds. The first-order chi connectivity index (χ1) is 9.99. The van der Waals surface area contributed by atoms with Crippen molar-refractivity contribution in [2.24, 2.45) is 0 Å². The van der Waals surface area contributed by atoms with E-state index >= 15 is 0 Å². The van der Waals surface area contributed by atoms with Crippen molar-refractivity contribution in [2.75, 3.05) is 19.4 Å². The molecule has 8 heteroatoms. The Morgan fingerprint density at radius 1 is 1.48 bits per heavy atom. The number of aromatic nitrogens is 1. The van der Waals surface area contributed by atoms with Crippen molar-refractivity contribution in [3.05, 3.63) is 50.5 Å². The maximum Gasteiger partial charge on any atom is 0.293 e. The SMILES string of the molecule is CN(C)C(=O)c1ccc(NCc2nccs2)c([N+](=O)[O-])c1. The number of carbonyl (C=O) groups is 1. The molecule has 0 aliphatic carbocycles. The van der Waals surface area contributed by atoms with Gasteiger partial charge in [-0.25, -0.2) is 4.98 Å². The fraction of sp³-hybridized carbons (Fsp3) is 0.231. The average molecular weight is 306 g/mol. The Morgan fingerprint density at radius 3 is 2.81 bits per heavy atom. The second-order valence-corrected chi connectivity index (χ2v) is 5.45. The second kappa shape index (κ2) is 6.31. The molecule has 2 aromatic rings. The highest BCUT2D eigenvalue weighted by Crippen LogP contribution is 2.26. The van der Waals surface area contributed by atoms with Gasteiger partial charge in [-0.15, -0.1) is 11.3 Å². The molecule has 0 atom stereocenters. The number of benzene rings is 1. The summed E-state index contributed by atoms with van der Waals surface area (Å²) in [6, 6.07) is 4.40. The van der Waals surface area contributed by atoms with Crippen LogP contribution in [-0.2, 0) is 6.54 Å². The van der Waals surface area contributed by atoms with Crippen LogP contribution in [0.3, 0.4) is 0 Å². The van der Waals surface area contributed by atoms with Gasteiger partial charge in [0.1, 0.15) is 10.7 Å². The van der Waals surface area contributed by atoms with Crippen molar-refractivity contribution < 1.29 is 9.72 Å². The van der Waals surface area contributed by atoms with Crippen LogP contribution in [0.1, 0.15) is 15.4 Å². The van der Waals surface area contributed by atoms with Gasteiger partial charge in [0.15, 0.2) is 0 Å². The number of nitro groups is 1. The highest BCUT2D eigenvalue weighted by Gasteiger charge is 2.18. The summed E-state index contributed by atoms with van der Waals surface area (Å²) in [7, 11) is 3.20. The van der Waals surface area contributed by atoms with Crippen LogP contribution < -0.4 is 5.32 Å². The summed E-state index contributed by atoms with van der Waals surface area (Å²) in [5, 5.41) is 16.8. The van der Waals surface area contributed by atoms with E-state index in [9.17, 15) is 14.9 Å². The van der Waals surface area contributed by atoms with Crippen LogP contribution in [-0.4, -0.2) is 34.8 Å². The van der Waals surface area contributed by atoms with Gasteiger partial charge in [0.25, 0.3) is 11.6 Å². The number of rotatable bonds is 5. The quantitative estimate of drug-likeness (QED) is 0.676. The molecule has 1 aromatic heterocycles. The third-order valence-electron chi connectivity index (χ3n) is 2.76. The van der Waals surface area contributed by atoms with Crippen molar-refractivity contribution in [2.45, 2.75) is 6.54 Å². The molecule has 1 N–H and O–H groups in total. The second-order valence-electron chi connectivity index (χ2n) is 4.47. The summed E-state index contributed by atoms with van der Waals surface area (Å²) in [6.45, 7) is 0.402. The summed E-state index contributed by atoms with van der Waals surface area (Å²) >= 11 is 1.46. The fourth-order valence-corrected chi connectivity index (χ4v) is 2.29. The molecule has 1 heterocycles. The highest BCUT2D eigenvalue weighted by molar-refractivity contribution is 7.09. The molecule has 7 nitrogen and oxygen atoms in total. The van der Waals surface area contributed by atoms with E-state index in [1.807, 2.05) is 5.38 Å². The van der Waals surface area contributed by atoms with E-state index in [1.54, 1.807) is 32.4 Å². The molecule has 0 saturated carbocycles. The lowest BCUT2D eigenvalue weighted by atomic mass is 10.1. The van der Waals surface area contributed by atoms with Gasteiger partial charge in [-0.3, -0.25) is 14.9 Å². The third-order valence-corrected chi connectivity index (χ3v) is 3.54. The Morgan fingerprint density at radius 2 is 2.24 bits per heavy atom. The summed E-state index contributed by atoms with van der Waals surface area (Å²) < 4.78 is 0. The van der Waals surface area contributed by atoms with E-state index in [-0.39, 0.29) is 17.2 Å².